The summed E-state index contributed by atoms with van der Waals surface area (Å²) in [6, 6.07) is 15.2. The molecule has 0 aliphatic rings. The monoisotopic (exact) mass is 334 g/mol. The van der Waals surface area contributed by atoms with E-state index in [2.05, 4.69) is 0 Å². The van der Waals surface area contributed by atoms with Gasteiger partial charge in [-0.3, -0.25) is 4.79 Å². The second kappa shape index (κ2) is 7.70. The first kappa shape index (κ1) is 17.6. The highest BCUT2D eigenvalue weighted by Gasteiger charge is 2.32. The standard InChI is InChI=1S/C18H19ClO4/c1-18(12-21,17(22)10-20)23-11-13-2-4-14(5-3-13)15-6-8-16(19)9-7-15/h2-9,20-21H,10-12H2,1H3. The zero-order valence-corrected chi connectivity index (χ0v) is 13.6. The van der Waals surface area contributed by atoms with Crippen molar-refractivity contribution in [3.05, 3.63) is 59.1 Å². The van der Waals surface area contributed by atoms with Crippen LogP contribution >= 0.6 is 11.6 Å². The van der Waals surface area contributed by atoms with Crippen molar-refractivity contribution in [1.29, 1.82) is 0 Å². The van der Waals surface area contributed by atoms with Gasteiger partial charge in [-0.25, -0.2) is 0 Å². The van der Waals surface area contributed by atoms with Crippen LogP contribution in [0.1, 0.15) is 12.5 Å². The minimum Gasteiger partial charge on any atom is -0.393 e. The molecule has 23 heavy (non-hydrogen) atoms. The highest BCUT2D eigenvalue weighted by molar-refractivity contribution is 6.30. The Balaban J connectivity index is 2.05. The molecule has 2 rings (SSSR count). The van der Waals surface area contributed by atoms with Gasteiger partial charge >= 0.3 is 0 Å². The summed E-state index contributed by atoms with van der Waals surface area (Å²) in [7, 11) is 0. The zero-order valence-electron chi connectivity index (χ0n) is 12.8. The van der Waals surface area contributed by atoms with Crippen LogP contribution in [0.4, 0.5) is 0 Å². The lowest BCUT2D eigenvalue weighted by Crippen LogP contribution is -2.43. The van der Waals surface area contributed by atoms with E-state index in [1.165, 1.54) is 6.92 Å². The number of aliphatic hydroxyl groups is 2. The van der Waals surface area contributed by atoms with Gasteiger partial charge in [-0.05, 0) is 35.7 Å². The van der Waals surface area contributed by atoms with E-state index in [0.717, 1.165) is 16.7 Å². The van der Waals surface area contributed by atoms with Crippen molar-refractivity contribution in [2.24, 2.45) is 0 Å². The number of hydrogen-bond donors (Lipinski definition) is 2. The number of ether oxygens (including phenoxy) is 1. The number of aliphatic hydroxyl groups excluding tert-OH is 2. The second-order valence-corrected chi connectivity index (χ2v) is 5.90. The van der Waals surface area contributed by atoms with Gasteiger partial charge in [0.2, 0.25) is 0 Å². The van der Waals surface area contributed by atoms with Crippen LogP contribution in [0.2, 0.25) is 5.02 Å². The van der Waals surface area contributed by atoms with E-state index in [0.29, 0.717) is 5.02 Å². The summed E-state index contributed by atoms with van der Waals surface area (Å²) in [5, 5.41) is 18.9. The van der Waals surface area contributed by atoms with E-state index in [4.69, 9.17) is 21.4 Å². The maximum absolute atomic E-state index is 11.6. The van der Waals surface area contributed by atoms with E-state index in [9.17, 15) is 9.90 Å². The summed E-state index contributed by atoms with van der Waals surface area (Å²) in [4.78, 5) is 11.6. The molecule has 0 amide bonds. The Labute approximate surface area is 140 Å². The SMILES string of the molecule is CC(CO)(OCc1ccc(-c2ccc(Cl)cc2)cc1)C(=O)CO. The third kappa shape index (κ3) is 4.39. The molecular formula is C18H19ClO4. The maximum Gasteiger partial charge on any atom is 0.191 e. The van der Waals surface area contributed by atoms with Crippen molar-refractivity contribution in [2.45, 2.75) is 19.1 Å². The maximum atomic E-state index is 11.6. The molecule has 0 aliphatic heterocycles. The Bertz CT molecular complexity index is 652. The van der Waals surface area contributed by atoms with Crippen LogP contribution in [0.3, 0.4) is 0 Å². The fraction of sp³-hybridized carbons (Fsp3) is 0.278. The van der Waals surface area contributed by atoms with Crippen molar-refractivity contribution in [3.63, 3.8) is 0 Å². The van der Waals surface area contributed by atoms with E-state index in [-0.39, 0.29) is 6.61 Å². The van der Waals surface area contributed by atoms with Gasteiger partial charge in [0, 0.05) is 5.02 Å². The van der Waals surface area contributed by atoms with Crippen molar-refractivity contribution >= 4 is 17.4 Å². The number of halogens is 1. The van der Waals surface area contributed by atoms with Crippen molar-refractivity contribution in [1.82, 2.24) is 0 Å². The lowest BCUT2D eigenvalue weighted by Gasteiger charge is -2.25. The summed E-state index contributed by atoms with van der Waals surface area (Å²) in [5.74, 6) is -0.544. The number of hydrogen-bond acceptors (Lipinski definition) is 4. The van der Waals surface area contributed by atoms with Crippen LogP contribution in [0.25, 0.3) is 11.1 Å². The van der Waals surface area contributed by atoms with Gasteiger partial charge in [0.1, 0.15) is 12.2 Å². The van der Waals surface area contributed by atoms with E-state index in [1.807, 2.05) is 48.5 Å². The molecule has 5 heteroatoms. The lowest BCUT2D eigenvalue weighted by atomic mass is 10.0. The second-order valence-electron chi connectivity index (χ2n) is 5.46. The molecule has 122 valence electrons. The lowest BCUT2D eigenvalue weighted by molar-refractivity contribution is -0.152. The molecule has 0 saturated carbocycles. The van der Waals surface area contributed by atoms with Crippen molar-refractivity contribution < 1.29 is 19.7 Å². The molecule has 0 aromatic heterocycles. The predicted octanol–water partition coefficient (Wildman–Crippen LogP) is 2.84. The smallest absolute Gasteiger partial charge is 0.191 e. The van der Waals surface area contributed by atoms with E-state index >= 15 is 0 Å². The molecule has 0 spiro atoms. The molecule has 0 heterocycles. The molecule has 0 fully saturated rings. The summed E-state index contributed by atoms with van der Waals surface area (Å²) in [6.07, 6.45) is 0. The Hall–Kier alpha value is -1.72. The average molecular weight is 335 g/mol. The molecule has 4 nitrogen and oxygen atoms in total. The number of rotatable bonds is 7. The fourth-order valence-corrected chi connectivity index (χ4v) is 2.19. The van der Waals surface area contributed by atoms with Crippen LogP contribution in [-0.4, -0.2) is 34.8 Å². The summed E-state index contributed by atoms with van der Waals surface area (Å²) in [5.41, 5.74) is 1.58. The number of carbonyl (C=O) groups excluding carboxylic acids is 1. The summed E-state index contributed by atoms with van der Waals surface area (Å²) >= 11 is 5.88. The van der Waals surface area contributed by atoms with E-state index < -0.39 is 24.6 Å². The van der Waals surface area contributed by atoms with Gasteiger partial charge in [0.05, 0.1) is 13.2 Å². The van der Waals surface area contributed by atoms with Gasteiger partial charge in [0.15, 0.2) is 5.78 Å². The molecule has 0 aliphatic carbocycles. The van der Waals surface area contributed by atoms with Gasteiger partial charge in [-0.15, -0.1) is 0 Å². The Morgan fingerprint density at radius 2 is 1.57 bits per heavy atom. The molecule has 1 unspecified atom stereocenters. The molecule has 2 aromatic carbocycles. The molecule has 0 radical (unpaired) electrons. The highest BCUT2D eigenvalue weighted by atomic mass is 35.5. The quantitative estimate of drug-likeness (QED) is 0.817. The minimum atomic E-state index is -1.39. The largest absolute Gasteiger partial charge is 0.393 e. The molecular weight excluding hydrogens is 316 g/mol. The van der Waals surface area contributed by atoms with Crippen LogP contribution < -0.4 is 0 Å². The van der Waals surface area contributed by atoms with Gasteiger partial charge in [-0.1, -0.05) is 48.0 Å². The first-order valence-electron chi connectivity index (χ1n) is 7.22. The number of benzene rings is 2. The fourth-order valence-electron chi connectivity index (χ4n) is 2.06. The summed E-state index contributed by atoms with van der Waals surface area (Å²) in [6.45, 7) is 0.499. The van der Waals surface area contributed by atoms with Crippen LogP contribution in [0.15, 0.2) is 48.5 Å². The first-order valence-corrected chi connectivity index (χ1v) is 7.60. The van der Waals surface area contributed by atoms with Crippen LogP contribution in [-0.2, 0) is 16.1 Å². The Kier molecular flexibility index (Phi) is 5.91. The van der Waals surface area contributed by atoms with Crippen LogP contribution in [0, 0.1) is 0 Å². The highest BCUT2D eigenvalue weighted by Crippen LogP contribution is 2.23. The van der Waals surface area contributed by atoms with Gasteiger partial charge in [0.25, 0.3) is 0 Å². The number of ketones is 1. The van der Waals surface area contributed by atoms with Crippen molar-refractivity contribution in [2.75, 3.05) is 13.2 Å². The molecule has 0 bridgehead atoms. The Morgan fingerprint density at radius 3 is 2.04 bits per heavy atom. The predicted molar refractivity (Wildman–Crippen MR) is 89.3 cm³/mol. The summed E-state index contributed by atoms with van der Waals surface area (Å²) < 4.78 is 5.50. The molecule has 0 saturated heterocycles. The average Bonchev–Trinajstić information content (AvgIpc) is 2.60. The molecule has 2 N–H and O–H groups in total. The minimum absolute atomic E-state index is 0.170. The zero-order chi connectivity index (χ0) is 16.9. The normalized spacial score (nSPS) is 13.6. The van der Waals surface area contributed by atoms with E-state index in [1.54, 1.807) is 0 Å². The van der Waals surface area contributed by atoms with Gasteiger partial charge < -0.3 is 14.9 Å². The Morgan fingerprint density at radius 1 is 1.04 bits per heavy atom. The molecule has 2 aromatic rings. The first-order chi connectivity index (χ1) is 11.0. The van der Waals surface area contributed by atoms with Crippen LogP contribution in [0.5, 0.6) is 0 Å². The number of Topliss-reactive ketones (excluding diaryl/α,β-unsaturated/α-hetero) is 1. The topological polar surface area (TPSA) is 66.8 Å². The van der Waals surface area contributed by atoms with Gasteiger partial charge in [-0.2, -0.15) is 0 Å². The third-order valence-electron chi connectivity index (χ3n) is 3.72. The molecule has 1 atom stereocenters. The number of carbonyl (C=O) groups is 1. The van der Waals surface area contributed by atoms with Crippen molar-refractivity contribution in [3.8, 4) is 11.1 Å². The third-order valence-corrected chi connectivity index (χ3v) is 3.98.